The number of amides is 4. The molecule has 0 aromatic heterocycles. The van der Waals surface area contributed by atoms with Gasteiger partial charge in [-0.2, -0.15) is 5.01 Å². The van der Waals surface area contributed by atoms with Crippen LogP contribution in [0.3, 0.4) is 0 Å². The lowest BCUT2D eigenvalue weighted by atomic mass is 9.49. The average Bonchev–Trinajstić information content (AvgIpc) is 3.46. The van der Waals surface area contributed by atoms with Crippen LogP contribution in [0, 0.1) is 23.7 Å². The van der Waals surface area contributed by atoms with Crippen LogP contribution in [0.4, 0.5) is 5.69 Å². The van der Waals surface area contributed by atoms with Crippen LogP contribution in [0.15, 0.2) is 72.3 Å². The number of hydrogen-bond donors (Lipinski definition) is 2. The van der Waals surface area contributed by atoms with Gasteiger partial charge < -0.3 is 14.6 Å². The maximum absolute atomic E-state index is 15.2. The molecule has 7 rings (SSSR count). The Morgan fingerprint density at radius 1 is 0.917 bits per heavy atom. The van der Waals surface area contributed by atoms with E-state index in [2.05, 4.69) is 5.43 Å². The summed E-state index contributed by atoms with van der Waals surface area (Å²) in [7, 11) is 2.98. The summed E-state index contributed by atoms with van der Waals surface area (Å²) in [5.74, 6) is -4.30. The van der Waals surface area contributed by atoms with Gasteiger partial charge in [0.05, 0.1) is 48.1 Å². The molecule has 6 atom stereocenters. The van der Waals surface area contributed by atoms with Crippen LogP contribution in [-0.4, -0.2) is 59.4 Å². The van der Waals surface area contributed by atoms with Crippen molar-refractivity contribution in [1.29, 1.82) is 0 Å². The van der Waals surface area contributed by atoms with E-state index in [-0.39, 0.29) is 41.3 Å². The van der Waals surface area contributed by atoms with Crippen LogP contribution in [0.2, 0.25) is 10.0 Å². The maximum Gasteiger partial charge on any atom is 0.260 e. The summed E-state index contributed by atoms with van der Waals surface area (Å²) >= 11 is 12.6. The number of likely N-dealkylation sites (tertiary alicyclic amines) is 1. The summed E-state index contributed by atoms with van der Waals surface area (Å²) < 4.78 is 10.9. The van der Waals surface area contributed by atoms with Gasteiger partial charge in [-0.25, -0.2) is 0 Å². The highest BCUT2D eigenvalue weighted by Gasteiger charge is 2.70. The fourth-order valence-electron chi connectivity index (χ4n) is 8.47. The molecule has 0 spiro atoms. The van der Waals surface area contributed by atoms with Crippen LogP contribution in [0.1, 0.15) is 36.8 Å². The monoisotopic (exact) mass is 689 g/mol. The van der Waals surface area contributed by atoms with E-state index >= 15 is 4.79 Å². The number of allylic oxidation sites excluding steroid dienone is 2. The second-order valence-electron chi connectivity index (χ2n) is 12.6. The number of anilines is 1. The highest BCUT2D eigenvalue weighted by atomic mass is 35.5. The van der Waals surface area contributed by atoms with Gasteiger partial charge in [0, 0.05) is 17.5 Å². The number of benzene rings is 3. The first-order valence-electron chi connectivity index (χ1n) is 15.7. The van der Waals surface area contributed by atoms with Gasteiger partial charge in [0.25, 0.3) is 11.8 Å². The first-order chi connectivity index (χ1) is 23.1. The molecule has 12 heteroatoms. The van der Waals surface area contributed by atoms with Crippen LogP contribution in [-0.2, 0) is 24.6 Å². The highest BCUT2D eigenvalue weighted by Crippen LogP contribution is 2.64. The number of hydrogen-bond acceptors (Lipinski definition) is 8. The molecule has 1 saturated carbocycles. The molecule has 0 radical (unpaired) electrons. The third-order valence-corrected chi connectivity index (χ3v) is 11.1. The lowest BCUT2D eigenvalue weighted by molar-refractivity contribution is -0.141. The van der Waals surface area contributed by atoms with Gasteiger partial charge in [0.2, 0.25) is 11.8 Å². The lowest BCUT2D eigenvalue weighted by Gasteiger charge is -2.50. The Balaban J connectivity index is 1.48. The molecule has 10 nitrogen and oxygen atoms in total. The van der Waals surface area contributed by atoms with Gasteiger partial charge in [0.1, 0.15) is 5.75 Å². The Labute approximate surface area is 287 Å². The predicted molar refractivity (Wildman–Crippen MR) is 178 cm³/mol. The maximum atomic E-state index is 15.2. The average molecular weight is 691 g/mol. The van der Waals surface area contributed by atoms with Crippen molar-refractivity contribution in [1.82, 2.24) is 9.91 Å². The van der Waals surface area contributed by atoms with Crippen molar-refractivity contribution >= 4 is 52.5 Å². The van der Waals surface area contributed by atoms with Crippen LogP contribution in [0.5, 0.6) is 17.2 Å². The van der Waals surface area contributed by atoms with E-state index in [1.165, 1.54) is 24.1 Å². The molecular weight excluding hydrogens is 657 g/mol. The third-order valence-electron chi connectivity index (χ3n) is 10.5. The summed E-state index contributed by atoms with van der Waals surface area (Å²) in [6, 6.07) is 16.6. The predicted octanol–water partition coefficient (Wildman–Crippen LogP) is 5.72. The molecular formula is C36H33Cl2N3O7. The molecule has 3 fully saturated rings. The van der Waals surface area contributed by atoms with Gasteiger partial charge >= 0.3 is 0 Å². The van der Waals surface area contributed by atoms with Crippen LogP contribution >= 0.6 is 23.2 Å². The van der Waals surface area contributed by atoms with Crippen molar-refractivity contribution in [2.45, 2.75) is 31.1 Å². The van der Waals surface area contributed by atoms with Gasteiger partial charge in [-0.1, -0.05) is 53.1 Å². The summed E-state index contributed by atoms with van der Waals surface area (Å²) in [4.78, 5) is 58.5. The van der Waals surface area contributed by atoms with Crippen LogP contribution < -0.4 is 14.9 Å². The minimum atomic E-state index is -1.51. The van der Waals surface area contributed by atoms with Crippen molar-refractivity contribution in [3.63, 3.8) is 0 Å². The fraction of sp³-hybridized carbons (Fsp3) is 0.333. The van der Waals surface area contributed by atoms with Gasteiger partial charge in [-0.3, -0.25) is 29.5 Å². The Kier molecular flexibility index (Phi) is 7.91. The quantitative estimate of drug-likeness (QED) is 0.238. The normalized spacial score (nSPS) is 27.8. The van der Waals surface area contributed by atoms with Crippen molar-refractivity contribution in [3.05, 3.63) is 93.5 Å². The molecule has 2 heterocycles. The zero-order valence-corrected chi connectivity index (χ0v) is 27.9. The van der Waals surface area contributed by atoms with Gasteiger partial charge in [-0.05, 0) is 79.3 Å². The molecule has 248 valence electrons. The van der Waals surface area contributed by atoms with Gasteiger partial charge in [-0.15, -0.1) is 0 Å². The zero-order valence-electron chi connectivity index (χ0n) is 26.4. The molecule has 2 N–H and O–H groups in total. The van der Waals surface area contributed by atoms with Crippen molar-refractivity contribution in [2.75, 3.05) is 26.2 Å². The number of carbonyl (C=O) groups excluding carboxylic acids is 4. The number of halogens is 2. The molecule has 2 aliphatic carbocycles. The number of fused-ring (bicyclic) bond motifs is 4. The number of phenols is 1. The number of methoxy groups -OCH3 is 2. The van der Waals surface area contributed by atoms with E-state index < -0.39 is 46.8 Å². The smallest absolute Gasteiger partial charge is 0.260 e. The largest absolute Gasteiger partial charge is 0.504 e. The van der Waals surface area contributed by atoms with E-state index in [1.54, 1.807) is 62.6 Å². The fourth-order valence-corrected chi connectivity index (χ4v) is 8.92. The van der Waals surface area contributed by atoms with Crippen molar-refractivity contribution in [2.24, 2.45) is 23.7 Å². The number of hydrazine groups is 1. The minimum absolute atomic E-state index is 0.0917. The second kappa shape index (κ2) is 11.9. The standard InChI is InChI=1S/C36H33Cl2N3O7/c1-4-40-32(43)23-12-11-22-24(30(23)34(40)45)17-25-33(44)41(39-27-13-8-20(37)16-26(27)38)35(46)36(25,19-6-9-21(47-2)10-7-19)31(22)18-5-14-28(42)29(15-18)48-3/h5-11,13-16,23-25,30-31,39,42H,4,12,17H2,1-3H3/t23-,24+,25-,30-,31-,36+/m0/s1. The number of nitrogens with zero attached hydrogens (tertiary/aromatic N) is 2. The molecule has 0 bridgehead atoms. The van der Waals surface area contributed by atoms with E-state index in [1.807, 2.05) is 6.08 Å². The summed E-state index contributed by atoms with van der Waals surface area (Å²) in [5.41, 5.74) is 3.75. The molecule has 0 unspecified atom stereocenters. The highest BCUT2D eigenvalue weighted by molar-refractivity contribution is 6.36. The number of rotatable bonds is 7. The van der Waals surface area contributed by atoms with E-state index in [0.717, 1.165) is 10.6 Å². The molecule has 4 amide bonds. The number of carbonyl (C=O) groups is 4. The number of nitrogens with one attached hydrogen (secondary N) is 1. The van der Waals surface area contributed by atoms with E-state index in [0.29, 0.717) is 34.0 Å². The number of aromatic hydroxyl groups is 1. The Morgan fingerprint density at radius 3 is 2.33 bits per heavy atom. The van der Waals surface area contributed by atoms with Crippen LogP contribution in [0.25, 0.3) is 0 Å². The summed E-state index contributed by atoms with van der Waals surface area (Å²) in [6.45, 7) is 2.02. The number of ether oxygens (including phenoxy) is 2. The molecule has 48 heavy (non-hydrogen) atoms. The van der Waals surface area contributed by atoms with Crippen molar-refractivity contribution < 1.29 is 33.8 Å². The first kappa shape index (κ1) is 32.0. The SMILES string of the molecule is CCN1C(=O)[C@H]2[C@H](CC=C3[C@H]2C[C@H]2C(=O)N(Nc4ccc(Cl)cc4Cl)C(=O)[C@@]2(c2ccc(OC)cc2)[C@H]3c2ccc(O)c(OC)c2)C1=O. The Bertz CT molecular complexity index is 1900. The molecule has 3 aromatic rings. The molecule has 3 aromatic carbocycles. The Morgan fingerprint density at radius 2 is 1.67 bits per heavy atom. The number of imide groups is 2. The number of phenolic OH excluding ortho intramolecular Hbond substituents is 1. The second-order valence-corrected chi connectivity index (χ2v) is 13.4. The third kappa shape index (κ3) is 4.53. The summed E-state index contributed by atoms with van der Waals surface area (Å²) in [5, 5.41) is 12.2. The first-order valence-corrected chi connectivity index (χ1v) is 16.5. The van der Waals surface area contributed by atoms with E-state index in [9.17, 15) is 19.5 Å². The molecule has 4 aliphatic rings. The Hall–Kier alpha value is -4.54. The lowest BCUT2D eigenvalue weighted by Crippen LogP contribution is -2.53. The van der Waals surface area contributed by atoms with Crippen molar-refractivity contribution in [3.8, 4) is 17.2 Å². The zero-order chi connectivity index (χ0) is 34.1. The van der Waals surface area contributed by atoms with Gasteiger partial charge in [0.15, 0.2) is 11.5 Å². The van der Waals surface area contributed by atoms with E-state index in [4.69, 9.17) is 32.7 Å². The minimum Gasteiger partial charge on any atom is -0.504 e. The topological polar surface area (TPSA) is 125 Å². The molecule has 2 saturated heterocycles. The summed E-state index contributed by atoms with van der Waals surface area (Å²) in [6.07, 6.45) is 2.45. The molecule has 2 aliphatic heterocycles.